The van der Waals surface area contributed by atoms with Crippen LogP contribution < -0.4 is 5.32 Å². The zero-order valence-electron chi connectivity index (χ0n) is 11.9. The van der Waals surface area contributed by atoms with E-state index in [4.69, 9.17) is 11.6 Å². The van der Waals surface area contributed by atoms with E-state index in [2.05, 4.69) is 5.32 Å². The summed E-state index contributed by atoms with van der Waals surface area (Å²) in [6.45, 7) is 6.31. The summed E-state index contributed by atoms with van der Waals surface area (Å²) in [7, 11) is 0. The Kier molecular flexibility index (Phi) is 4.33. The molecule has 0 aromatic heterocycles. The molecule has 4 nitrogen and oxygen atoms in total. The number of hydrogen-bond donors (Lipinski definition) is 1. The second-order valence-electron chi connectivity index (χ2n) is 5.49. The van der Waals surface area contributed by atoms with E-state index in [0.717, 1.165) is 5.56 Å². The molecule has 2 amide bonds. The molecule has 0 bridgehead atoms. The van der Waals surface area contributed by atoms with Crippen LogP contribution in [0.3, 0.4) is 0 Å². The molecule has 1 N–H and O–H groups in total. The number of halogens is 1. The second-order valence-corrected chi connectivity index (χ2v) is 5.93. The highest BCUT2D eigenvalue weighted by atomic mass is 35.5. The van der Waals surface area contributed by atoms with Crippen molar-refractivity contribution in [2.45, 2.75) is 33.2 Å². The monoisotopic (exact) mass is 294 g/mol. The van der Waals surface area contributed by atoms with Gasteiger partial charge >= 0.3 is 0 Å². The smallest absolute Gasteiger partial charge is 0.229 e. The molecule has 1 aromatic carbocycles. The number of carbonyl (C=O) groups is 2. The van der Waals surface area contributed by atoms with E-state index in [1.54, 1.807) is 17.0 Å². The summed E-state index contributed by atoms with van der Waals surface area (Å²) in [5.74, 6) is -0.363. The largest absolute Gasteiger partial charge is 0.339 e. The third-order valence-electron chi connectivity index (χ3n) is 3.61. The van der Waals surface area contributed by atoms with E-state index in [0.29, 0.717) is 17.3 Å². The molecule has 1 atom stereocenters. The lowest BCUT2D eigenvalue weighted by molar-refractivity contribution is -0.129. The molecule has 0 aliphatic carbocycles. The maximum Gasteiger partial charge on any atom is 0.229 e. The van der Waals surface area contributed by atoms with E-state index in [1.807, 2.05) is 26.8 Å². The summed E-state index contributed by atoms with van der Waals surface area (Å²) in [5.41, 5.74) is 1.66. The Morgan fingerprint density at radius 2 is 2.15 bits per heavy atom. The summed E-state index contributed by atoms with van der Waals surface area (Å²) >= 11 is 5.93. The van der Waals surface area contributed by atoms with E-state index in [-0.39, 0.29) is 30.2 Å². The summed E-state index contributed by atoms with van der Waals surface area (Å²) in [6, 6.07) is 5.50. The van der Waals surface area contributed by atoms with Gasteiger partial charge in [0.25, 0.3) is 0 Å². The molecule has 0 unspecified atom stereocenters. The van der Waals surface area contributed by atoms with E-state index in [9.17, 15) is 9.59 Å². The molecule has 0 spiro atoms. The normalized spacial score (nSPS) is 18.8. The zero-order chi connectivity index (χ0) is 14.9. The minimum atomic E-state index is -0.289. The molecule has 0 radical (unpaired) electrons. The molecule has 5 heteroatoms. The minimum Gasteiger partial charge on any atom is -0.339 e. The number of anilines is 1. The van der Waals surface area contributed by atoms with Crippen molar-refractivity contribution in [2.75, 3.05) is 11.9 Å². The minimum absolute atomic E-state index is 0.0444. The molecule has 1 saturated heterocycles. The number of rotatable bonds is 3. The molecule has 108 valence electrons. The summed E-state index contributed by atoms with van der Waals surface area (Å²) < 4.78 is 0. The van der Waals surface area contributed by atoms with Crippen molar-refractivity contribution in [3.63, 3.8) is 0 Å². The van der Waals surface area contributed by atoms with Crippen LogP contribution in [0, 0.1) is 12.8 Å². The second kappa shape index (κ2) is 5.83. The number of aryl methyl sites for hydroxylation is 1. The molecular formula is C15H19ClN2O2. The molecule has 1 aromatic rings. The average molecular weight is 295 g/mol. The van der Waals surface area contributed by atoms with Gasteiger partial charge in [-0.1, -0.05) is 17.7 Å². The van der Waals surface area contributed by atoms with Crippen LogP contribution in [0.15, 0.2) is 18.2 Å². The first-order chi connectivity index (χ1) is 9.38. The van der Waals surface area contributed by atoms with Crippen molar-refractivity contribution < 1.29 is 9.59 Å². The van der Waals surface area contributed by atoms with E-state index < -0.39 is 0 Å². The van der Waals surface area contributed by atoms with Gasteiger partial charge in [0, 0.05) is 29.7 Å². The number of hydrogen-bond acceptors (Lipinski definition) is 2. The van der Waals surface area contributed by atoms with Gasteiger partial charge < -0.3 is 10.2 Å². The van der Waals surface area contributed by atoms with Gasteiger partial charge in [0.1, 0.15) is 0 Å². The first-order valence-electron chi connectivity index (χ1n) is 6.75. The Morgan fingerprint density at radius 1 is 1.45 bits per heavy atom. The van der Waals surface area contributed by atoms with Crippen LogP contribution >= 0.6 is 11.6 Å². The standard InChI is InChI=1S/C15H19ClN2O2/c1-9(2)18-8-11(6-14(18)19)15(20)17-13-7-12(16)5-4-10(13)3/h4-5,7,9,11H,6,8H2,1-3H3,(H,17,20)/t11-/m0/s1. The summed E-state index contributed by atoms with van der Waals surface area (Å²) in [4.78, 5) is 25.8. The topological polar surface area (TPSA) is 49.4 Å². The Labute approximate surface area is 124 Å². The fourth-order valence-corrected chi connectivity index (χ4v) is 2.54. The molecule has 2 rings (SSSR count). The van der Waals surface area contributed by atoms with Gasteiger partial charge in [0.05, 0.1) is 5.92 Å². The van der Waals surface area contributed by atoms with Crippen LogP contribution in [0.5, 0.6) is 0 Å². The van der Waals surface area contributed by atoms with Crippen LogP contribution in [-0.4, -0.2) is 29.3 Å². The van der Waals surface area contributed by atoms with Gasteiger partial charge in [0.15, 0.2) is 0 Å². The van der Waals surface area contributed by atoms with Gasteiger partial charge in [-0.2, -0.15) is 0 Å². The average Bonchev–Trinajstić information content (AvgIpc) is 2.76. The van der Waals surface area contributed by atoms with Gasteiger partial charge in [-0.25, -0.2) is 0 Å². The molecule has 20 heavy (non-hydrogen) atoms. The van der Waals surface area contributed by atoms with Crippen LogP contribution in [0.1, 0.15) is 25.8 Å². The SMILES string of the molecule is Cc1ccc(Cl)cc1NC(=O)[C@H]1CC(=O)N(C(C)C)C1. The molecule has 1 heterocycles. The van der Waals surface area contributed by atoms with E-state index >= 15 is 0 Å². The Morgan fingerprint density at radius 3 is 2.75 bits per heavy atom. The predicted molar refractivity (Wildman–Crippen MR) is 79.8 cm³/mol. The van der Waals surface area contributed by atoms with Gasteiger partial charge in [-0.15, -0.1) is 0 Å². The lowest BCUT2D eigenvalue weighted by atomic mass is 10.1. The third kappa shape index (κ3) is 3.12. The van der Waals surface area contributed by atoms with Crippen LogP contribution in [-0.2, 0) is 9.59 Å². The van der Waals surface area contributed by atoms with Crippen LogP contribution in [0.4, 0.5) is 5.69 Å². The van der Waals surface area contributed by atoms with Crippen molar-refractivity contribution in [3.8, 4) is 0 Å². The zero-order valence-corrected chi connectivity index (χ0v) is 12.7. The predicted octanol–water partition coefficient (Wildman–Crippen LogP) is 2.84. The fraction of sp³-hybridized carbons (Fsp3) is 0.467. The lowest BCUT2D eigenvalue weighted by Crippen LogP contribution is -2.33. The number of likely N-dealkylation sites (tertiary alicyclic amines) is 1. The highest BCUT2D eigenvalue weighted by molar-refractivity contribution is 6.31. The maximum absolute atomic E-state index is 12.3. The molecule has 1 fully saturated rings. The highest BCUT2D eigenvalue weighted by Gasteiger charge is 2.35. The van der Waals surface area contributed by atoms with Crippen LogP contribution in [0.25, 0.3) is 0 Å². The van der Waals surface area contributed by atoms with Crippen molar-refractivity contribution in [3.05, 3.63) is 28.8 Å². The van der Waals surface area contributed by atoms with Crippen molar-refractivity contribution in [1.29, 1.82) is 0 Å². The molecular weight excluding hydrogens is 276 g/mol. The number of nitrogens with one attached hydrogen (secondary N) is 1. The van der Waals surface area contributed by atoms with Crippen molar-refractivity contribution >= 4 is 29.1 Å². The number of carbonyl (C=O) groups excluding carboxylic acids is 2. The van der Waals surface area contributed by atoms with E-state index in [1.165, 1.54) is 0 Å². The quantitative estimate of drug-likeness (QED) is 0.932. The van der Waals surface area contributed by atoms with Gasteiger partial charge in [-0.3, -0.25) is 9.59 Å². The Bertz CT molecular complexity index is 543. The Hall–Kier alpha value is -1.55. The summed E-state index contributed by atoms with van der Waals surface area (Å²) in [5, 5.41) is 3.45. The third-order valence-corrected chi connectivity index (χ3v) is 3.85. The first-order valence-corrected chi connectivity index (χ1v) is 7.12. The molecule has 0 saturated carbocycles. The fourth-order valence-electron chi connectivity index (χ4n) is 2.37. The number of amides is 2. The number of benzene rings is 1. The first kappa shape index (κ1) is 14.9. The Balaban J connectivity index is 2.06. The molecule has 1 aliphatic heterocycles. The number of nitrogens with zero attached hydrogens (tertiary/aromatic N) is 1. The lowest BCUT2D eigenvalue weighted by Gasteiger charge is -2.20. The maximum atomic E-state index is 12.3. The highest BCUT2D eigenvalue weighted by Crippen LogP contribution is 2.24. The summed E-state index contributed by atoms with van der Waals surface area (Å²) in [6.07, 6.45) is 0.281. The van der Waals surface area contributed by atoms with Gasteiger partial charge in [0.2, 0.25) is 11.8 Å². The van der Waals surface area contributed by atoms with Crippen molar-refractivity contribution in [2.24, 2.45) is 5.92 Å². The molecule has 1 aliphatic rings. The van der Waals surface area contributed by atoms with Crippen LogP contribution in [0.2, 0.25) is 5.02 Å². The van der Waals surface area contributed by atoms with Gasteiger partial charge in [-0.05, 0) is 38.5 Å². The van der Waals surface area contributed by atoms with Crippen molar-refractivity contribution in [1.82, 2.24) is 4.90 Å².